The van der Waals surface area contributed by atoms with E-state index in [1.54, 1.807) is 0 Å². The highest BCUT2D eigenvalue weighted by Gasteiger charge is 2.25. The first-order valence-corrected chi connectivity index (χ1v) is 11.3. The molecular formula is C24H28ClN5O. The van der Waals surface area contributed by atoms with Crippen molar-refractivity contribution in [1.82, 2.24) is 15.1 Å². The predicted molar refractivity (Wildman–Crippen MR) is 123 cm³/mol. The highest BCUT2D eigenvalue weighted by molar-refractivity contribution is 6.30. The van der Waals surface area contributed by atoms with Gasteiger partial charge in [-0.1, -0.05) is 23.7 Å². The van der Waals surface area contributed by atoms with Gasteiger partial charge >= 0.3 is 6.03 Å². The van der Waals surface area contributed by atoms with Crippen LogP contribution in [-0.2, 0) is 6.54 Å². The lowest BCUT2D eigenvalue weighted by molar-refractivity contribution is 0.132. The van der Waals surface area contributed by atoms with Crippen LogP contribution in [0, 0.1) is 11.3 Å². The number of benzene rings is 2. The van der Waals surface area contributed by atoms with Gasteiger partial charge < -0.3 is 15.1 Å². The van der Waals surface area contributed by atoms with Gasteiger partial charge in [-0.2, -0.15) is 5.26 Å². The van der Waals surface area contributed by atoms with Crippen LogP contribution in [0.5, 0.6) is 0 Å². The molecule has 31 heavy (non-hydrogen) atoms. The van der Waals surface area contributed by atoms with E-state index in [4.69, 9.17) is 16.9 Å². The van der Waals surface area contributed by atoms with Crippen LogP contribution in [0.1, 0.15) is 24.0 Å². The Hall–Kier alpha value is -2.75. The van der Waals surface area contributed by atoms with Gasteiger partial charge in [0.05, 0.1) is 11.6 Å². The van der Waals surface area contributed by atoms with E-state index >= 15 is 0 Å². The van der Waals surface area contributed by atoms with Gasteiger partial charge in [-0.05, 0) is 54.8 Å². The van der Waals surface area contributed by atoms with E-state index < -0.39 is 0 Å². The molecule has 162 valence electrons. The second kappa shape index (κ2) is 10.0. The molecule has 2 saturated heterocycles. The minimum atomic E-state index is 0.0583. The zero-order chi connectivity index (χ0) is 21.6. The van der Waals surface area contributed by atoms with Gasteiger partial charge in [-0.15, -0.1) is 0 Å². The van der Waals surface area contributed by atoms with Gasteiger partial charge in [0.25, 0.3) is 0 Å². The number of hydrogen-bond acceptors (Lipinski definition) is 4. The minimum Gasteiger partial charge on any atom is -0.371 e. The molecule has 4 rings (SSSR count). The first-order valence-electron chi connectivity index (χ1n) is 10.9. The van der Waals surface area contributed by atoms with Crippen molar-refractivity contribution in [3.05, 3.63) is 64.7 Å². The van der Waals surface area contributed by atoms with Crippen molar-refractivity contribution >= 4 is 23.3 Å². The fraction of sp³-hybridized carbons (Fsp3) is 0.417. The number of rotatable bonds is 4. The third kappa shape index (κ3) is 5.69. The van der Waals surface area contributed by atoms with Crippen molar-refractivity contribution in [2.45, 2.75) is 25.4 Å². The summed E-state index contributed by atoms with van der Waals surface area (Å²) in [5, 5.41) is 12.9. The summed E-state index contributed by atoms with van der Waals surface area (Å²) in [4.78, 5) is 19.4. The molecule has 0 atom stereocenters. The normalized spacial score (nSPS) is 17.9. The summed E-state index contributed by atoms with van der Waals surface area (Å²) in [5.41, 5.74) is 3.07. The van der Waals surface area contributed by atoms with Crippen LogP contribution in [0.4, 0.5) is 10.5 Å². The van der Waals surface area contributed by atoms with Crippen LogP contribution < -0.4 is 10.2 Å². The molecule has 2 fully saturated rings. The van der Waals surface area contributed by atoms with Crippen LogP contribution >= 0.6 is 11.6 Å². The Morgan fingerprint density at radius 2 is 1.61 bits per heavy atom. The van der Waals surface area contributed by atoms with Gasteiger partial charge in [-0.3, -0.25) is 4.90 Å². The van der Waals surface area contributed by atoms with Gasteiger partial charge in [0.2, 0.25) is 0 Å². The Morgan fingerprint density at radius 3 is 2.23 bits per heavy atom. The number of hydrogen-bond donors (Lipinski definition) is 1. The molecule has 0 bridgehead atoms. The molecule has 2 aliphatic rings. The topological polar surface area (TPSA) is 62.6 Å². The van der Waals surface area contributed by atoms with Crippen LogP contribution in [0.15, 0.2) is 48.5 Å². The average molecular weight is 438 g/mol. The largest absolute Gasteiger partial charge is 0.371 e. The molecule has 1 N–H and O–H groups in total. The number of nitrogens with one attached hydrogen (secondary N) is 1. The number of anilines is 1. The lowest BCUT2D eigenvalue weighted by atomic mass is 10.0. The molecule has 0 aliphatic carbocycles. The third-order valence-electron chi connectivity index (χ3n) is 6.16. The Kier molecular flexibility index (Phi) is 6.96. The fourth-order valence-electron chi connectivity index (χ4n) is 4.25. The van der Waals surface area contributed by atoms with E-state index in [2.05, 4.69) is 33.3 Å². The molecule has 7 heteroatoms. The van der Waals surface area contributed by atoms with E-state index in [1.165, 1.54) is 5.56 Å². The third-order valence-corrected chi connectivity index (χ3v) is 6.42. The maximum Gasteiger partial charge on any atom is 0.317 e. The van der Waals surface area contributed by atoms with E-state index in [0.717, 1.165) is 69.4 Å². The van der Waals surface area contributed by atoms with E-state index in [0.29, 0.717) is 5.56 Å². The summed E-state index contributed by atoms with van der Waals surface area (Å²) in [7, 11) is 0. The number of amides is 2. The maximum atomic E-state index is 12.7. The standard InChI is InChI=1S/C24H28ClN5O/c25-21-5-1-20(2-6-21)18-28-13-15-30(16-14-28)24(31)27-22-9-11-29(12-10-22)23-7-3-19(17-26)4-8-23/h1-8,22H,9-16,18H2,(H,27,31). The van der Waals surface area contributed by atoms with Gasteiger partial charge in [0, 0.05) is 62.6 Å². The molecule has 0 unspecified atom stereocenters. The van der Waals surface area contributed by atoms with Crippen molar-refractivity contribution < 1.29 is 4.79 Å². The number of nitriles is 1. The summed E-state index contributed by atoms with van der Waals surface area (Å²) in [5.74, 6) is 0. The number of halogens is 1. The van der Waals surface area contributed by atoms with Crippen LogP contribution in [-0.4, -0.2) is 61.1 Å². The van der Waals surface area contributed by atoms with Gasteiger partial charge in [0.1, 0.15) is 0 Å². The summed E-state index contributed by atoms with van der Waals surface area (Å²) < 4.78 is 0. The highest BCUT2D eigenvalue weighted by atomic mass is 35.5. The molecule has 0 aromatic heterocycles. The number of nitrogens with zero attached hydrogens (tertiary/aromatic N) is 4. The van der Waals surface area contributed by atoms with Crippen LogP contribution in [0.25, 0.3) is 0 Å². The second-order valence-corrected chi connectivity index (χ2v) is 8.70. The van der Waals surface area contributed by atoms with Crippen LogP contribution in [0.2, 0.25) is 5.02 Å². The maximum absolute atomic E-state index is 12.7. The fourth-order valence-corrected chi connectivity index (χ4v) is 4.38. The number of piperidine rings is 1. The van der Waals surface area contributed by atoms with Crippen molar-refractivity contribution in [3.8, 4) is 6.07 Å². The Morgan fingerprint density at radius 1 is 0.968 bits per heavy atom. The van der Waals surface area contributed by atoms with Crippen molar-refractivity contribution in [1.29, 1.82) is 5.26 Å². The van der Waals surface area contributed by atoms with Crippen LogP contribution in [0.3, 0.4) is 0 Å². The smallest absolute Gasteiger partial charge is 0.317 e. The molecule has 6 nitrogen and oxygen atoms in total. The molecular weight excluding hydrogens is 410 g/mol. The average Bonchev–Trinajstić information content (AvgIpc) is 2.81. The molecule has 0 saturated carbocycles. The molecule has 2 aromatic carbocycles. The molecule has 2 aromatic rings. The highest BCUT2D eigenvalue weighted by Crippen LogP contribution is 2.21. The summed E-state index contributed by atoms with van der Waals surface area (Å²) in [6.07, 6.45) is 1.87. The molecule has 2 heterocycles. The van der Waals surface area contributed by atoms with Crippen molar-refractivity contribution in [2.75, 3.05) is 44.2 Å². The minimum absolute atomic E-state index is 0.0583. The quantitative estimate of drug-likeness (QED) is 0.792. The molecule has 0 spiro atoms. The number of urea groups is 1. The van der Waals surface area contributed by atoms with E-state index in [9.17, 15) is 4.79 Å². The van der Waals surface area contributed by atoms with Gasteiger partial charge in [-0.25, -0.2) is 4.79 Å². The molecule has 0 radical (unpaired) electrons. The number of carbonyl (C=O) groups is 1. The number of carbonyl (C=O) groups excluding carboxylic acids is 1. The van der Waals surface area contributed by atoms with E-state index in [1.807, 2.05) is 41.3 Å². The molecule has 2 amide bonds. The lowest BCUT2D eigenvalue weighted by Gasteiger charge is -2.37. The Balaban J connectivity index is 1.19. The SMILES string of the molecule is N#Cc1ccc(N2CCC(NC(=O)N3CCN(Cc4ccc(Cl)cc4)CC3)CC2)cc1. The summed E-state index contributed by atoms with van der Waals surface area (Å²) in [6, 6.07) is 18.1. The Bertz CT molecular complexity index is 908. The Labute approximate surface area is 189 Å². The van der Waals surface area contributed by atoms with Crippen molar-refractivity contribution in [3.63, 3.8) is 0 Å². The van der Waals surface area contributed by atoms with E-state index in [-0.39, 0.29) is 12.1 Å². The lowest BCUT2D eigenvalue weighted by Crippen LogP contribution is -2.54. The second-order valence-electron chi connectivity index (χ2n) is 8.26. The number of piperazine rings is 1. The zero-order valence-electron chi connectivity index (χ0n) is 17.6. The van der Waals surface area contributed by atoms with Crippen molar-refractivity contribution in [2.24, 2.45) is 0 Å². The van der Waals surface area contributed by atoms with Gasteiger partial charge in [0.15, 0.2) is 0 Å². The predicted octanol–water partition coefficient (Wildman–Crippen LogP) is 3.71. The first kappa shape index (κ1) is 21.5. The monoisotopic (exact) mass is 437 g/mol. The zero-order valence-corrected chi connectivity index (χ0v) is 18.4. The summed E-state index contributed by atoms with van der Waals surface area (Å²) >= 11 is 5.96. The molecule has 2 aliphatic heterocycles. The first-order chi connectivity index (χ1) is 15.1. The summed E-state index contributed by atoms with van der Waals surface area (Å²) in [6.45, 7) is 5.98.